The van der Waals surface area contributed by atoms with Crippen LogP contribution in [0, 0.1) is 50.2 Å². The molecule has 0 amide bonds. The van der Waals surface area contributed by atoms with Crippen molar-refractivity contribution in [1.82, 2.24) is 0 Å². The lowest BCUT2D eigenvalue weighted by Crippen LogP contribution is -2.67. The third kappa shape index (κ3) is 5.92. The number of rotatable bonds is 7. The van der Waals surface area contributed by atoms with E-state index in [1.54, 1.807) is 0 Å². The molecule has 13 nitrogen and oxygen atoms in total. The number of allylic oxidation sites excluding steroid dienone is 2. The highest BCUT2D eigenvalue weighted by Crippen LogP contribution is 2.76. The number of aliphatic hydroxyl groups is 7. The predicted molar refractivity (Wildman–Crippen MR) is 193 cm³/mol. The molecule has 6 fully saturated rings. The van der Waals surface area contributed by atoms with Gasteiger partial charge in [0.15, 0.2) is 12.6 Å². The van der Waals surface area contributed by atoms with E-state index in [-0.39, 0.29) is 46.7 Å². The lowest BCUT2D eigenvalue weighted by atomic mass is 9.33. The van der Waals surface area contributed by atoms with Gasteiger partial charge in [0.1, 0.15) is 42.7 Å². The summed E-state index contributed by atoms with van der Waals surface area (Å²) >= 11 is 0. The maximum absolute atomic E-state index is 13.0. The first-order valence-corrected chi connectivity index (χ1v) is 20.4. The highest BCUT2D eigenvalue weighted by molar-refractivity contribution is 5.76. The molecule has 13 heteroatoms. The maximum Gasteiger partial charge on any atom is 0.310 e. The first-order chi connectivity index (χ1) is 25.2. The largest absolute Gasteiger partial charge is 0.481 e. The molecular weight excluding hydrogens is 700 g/mol. The van der Waals surface area contributed by atoms with E-state index >= 15 is 0 Å². The molecule has 2 heterocycles. The molecule has 2 saturated heterocycles. The quantitative estimate of drug-likeness (QED) is 0.138. The lowest BCUT2D eigenvalue weighted by molar-refractivity contribution is -0.368. The summed E-state index contributed by atoms with van der Waals surface area (Å²) in [6, 6.07) is 0. The molecule has 54 heavy (non-hydrogen) atoms. The zero-order chi connectivity index (χ0) is 39.4. The Morgan fingerprint density at radius 1 is 0.815 bits per heavy atom. The van der Waals surface area contributed by atoms with Gasteiger partial charge >= 0.3 is 5.97 Å². The minimum Gasteiger partial charge on any atom is -0.481 e. The van der Waals surface area contributed by atoms with Crippen LogP contribution in [-0.4, -0.2) is 128 Å². The molecule has 7 aliphatic rings. The summed E-state index contributed by atoms with van der Waals surface area (Å²) in [5, 5.41) is 84.7. The molecule has 308 valence electrons. The van der Waals surface area contributed by atoms with Crippen LogP contribution < -0.4 is 0 Å². The average Bonchev–Trinajstić information content (AvgIpc) is 3.12. The van der Waals surface area contributed by atoms with Crippen molar-refractivity contribution in [2.75, 3.05) is 19.8 Å². The summed E-state index contributed by atoms with van der Waals surface area (Å²) in [6.45, 7) is 12.8. The third-order valence-corrected chi connectivity index (χ3v) is 17.0. The number of ether oxygens (including phenoxy) is 4. The molecule has 5 unspecified atom stereocenters. The van der Waals surface area contributed by atoms with Gasteiger partial charge in [-0.25, -0.2) is 0 Å². The number of aliphatic hydroxyl groups excluding tert-OH is 7. The Morgan fingerprint density at radius 3 is 2.19 bits per heavy atom. The Kier molecular flexibility index (Phi) is 10.6. The standard InChI is InChI=1S/C41H66O13/c1-36(2)13-15-41(35(49)50)16-14-39(5)21(22(41)17-36)7-8-26-37(3)11-10-27(38(4,20-43)25(37)9-12-40(26,39)6)53-34-32(28(45)23(44)19-51-34)54-33-31(48)30(47)29(46)24(18-42)52-33/h7,22-34,42-48H,8-20H2,1-6H3,(H,49,50)/t22?,23-,24-,25?,26?,27+,28-,29-,30-,31-,32-,33+,34+,37+,38+,39?,40-,41?/m1/s1. The van der Waals surface area contributed by atoms with Crippen molar-refractivity contribution >= 4 is 5.97 Å². The molecule has 7 rings (SSSR count). The average molecular weight is 767 g/mol. The number of hydrogen-bond donors (Lipinski definition) is 8. The topological polar surface area (TPSA) is 216 Å². The van der Waals surface area contributed by atoms with Gasteiger partial charge in [-0.05, 0) is 104 Å². The van der Waals surface area contributed by atoms with Crippen LogP contribution in [0.5, 0.6) is 0 Å². The van der Waals surface area contributed by atoms with Crippen molar-refractivity contribution in [1.29, 1.82) is 0 Å². The SMILES string of the molecule is CC1(C)CCC2(C(=O)O)CCC3(C)C(=CCC4[C@@]5(C)CC[C@H](O[C@@H]6OC[C@@H](O)[C@@H](O)[C@H]6O[C@@H]6O[C@H](CO)[C@@H](O)[C@@H](O)[C@H]6O)[C@@](C)(CO)C5CC[C@]43C)C2C1. The molecule has 0 aromatic rings. The van der Waals surface area contributed by atoms with Gasteiger partial charge in [-0.15, -0.1) is 0 Å². The normalized spacial score (nSPS) is 54.3. The number of fused-ring (bicyclic) bond motifs is 7. The summed E-state index contributed by atoms with van der Waals surface area (Å²) in [5.74, 6) is -0.265. The molecule has 0 spiro atoms. The van der Waals surface area contributed by atoms with Gasteiger partial charge in [0.2, 0.25) is 0 Å². The van der Waals surface area contributed by atoms with Crippen LogP contribution in [0.15, 0.2) is 11.6 Å². The fourth-order valence-corrected chi connectivity index (χ4v) is 13.4. The highest BCUT2D eigenvalue weighted by Gasteiger charge is 2.70. The number of carbonyl (C=O) groups is 1. The Labute approximate surface area is 319 Å². The summed E-state index contributed by atoms with van der Waals surface area (Å²) in [4.78, 5) is 13.0. The van der Waals surface area contributed by atoms with Gasteiger partial charge in [0, 0.05) is 5.41 Å². The van der Waals surface area contributed by atoms with Gasteiger partial charge in [-0.2, -0.15) is 0 Å². The van der Waals surface area contributed by atoms with Gasteiger partial charge < -0.3 is 59.8 Å². The van der Waals surface area contributed by atoms with Crippen molar-refractivity contribution in [2.45, 2.75) is 167 Å². The van der Waals surface area contributed by atoms with Crippen molar-refractivity contribution in [3.05, 3.63) is 11.6 Å². The van der Waals surface area contributed by atoms with Crippen LogP contribution in [0.4, 0.5) is 0 Å². The van der Waals surface area contributed by atoms with Gasteiger partial charge in [-0.3, -0.25) is 4.79 Å². The second kappa shape index (κ2) is 14.0. The monoisotopic (exact) mass is 766 g/mol. The van der Waals surface area contributed by atoms with Crippen LogP contribution in [0.1, 0.15) is 106 Å². The molecule has 4 saturated carbocycles. The minimum absolute atomic E-state index is 0.0233. The van der Waals surface area contributed by atoms with Crippen LogP contribution >= 0.6 is 0 Å². The Hall–Kier alpha value is -1.23. The van der Waals surface area contributed by atoms with E-state index in [2.05, 4.69) is 47.6 Å². The Morgan fingerprint density at radius 2 is 1.52 bits per heavy atom. The predicted octanol–water partition coefficient (Wildman–Crippen LogP) is 2.49. The first-order valence-electron chi connectivity index (χ1n) is 20.4. The van der Waals surface area contributed by atoms with E-state index in [0.29, 0.717) is 18.8 Å². The third-order valence-electron chi connectivity index (χ3n) is 17.0. The number of hydrogen-bond acceptors (Lipinski definition) is 12. The fraction of sp³-hybridized carbons (Fsp3) is 0.927. The number of carboxylic acids is 1. The minimum atomic E-state index is -1.73. The van der Waals surface area contributed by atoms with Gasteiger partial charge in [-0.1, -0.05) is 53.2 Å². The lowest BCUT2D eigenvalue weighted by Gasteiger charge is -2.71. The maximum atomic E-state index is 13.0. The summed E-state index contributed by atoms with van der Waals surface area (Å²) in [5.41, 5.74) is -0.367. The molecule has 0 radical (unpaired) electrons. The van der Waals surface area contributed by atoms with E-state index in [4.69, 9.17) is 18.9 Å². The van der Waals surface area contributed by atoms with Gasteiger partial charge in [0.05, 0.1) is 31.3 Å². The molecule has 18 atom stereocenters. The second-order valence-corrected chi connectivity index (χ2v) is 20.1. The number of carboxylic acid groups (broad SMARTS) is 1. The van der Waals surface area contributed by atoms with Crippen molar-refractivity contribution in [3.8, 4) is 0 Å². The van der Waals surface area contributed by atoms with E-state index in [1.165, 1.54) is 5.57 Å². The van der Waals surface area contributed by atoms with Crippen LogP contribution in [-0.2, 0) is 23.7 Å². The molecule has 0 aromatic carbocycles. The van der Waals surface area contributed by atoms with E-state index in [1.807, 2.05) is 0 Å². The second-order valence-electron chi connectivity index (χ2n) is 20.1. The molecule has 0 aromatic heterocycles. The van der Waals surface area contributed by atoms with E-state index < -0.39 is 84.8 Å². The van der Waals surface area contributed by atoms with Gasteiger partial charge in [0.25, 0.3) is 0 Å². The molecule has 0 bridgehead atoms. The van der Waals surface area contributed by atoms with Crippen LogP contribution in [0.25, 0.3) is 0 Å². The zero-order valence-electron chi connectivity index (χ0n) is 32.9. The van der Waals surface area contributed by atoms with Crippen molar-refractivity contribution < 1.29 is 64.6 Å². The Bertz CT molecular complexity index is 1450. The highest BCUT2D eigenvalue weighted by atomic mass is 16.8. The van der Waals surface area contributed by atoms with Crippen LogP contribution in [0.3, 0.4) is 0 Å². The number of aliphatic carboxylic acids is 1. The summed E-state index contributed by atoms with van der Waals surface area (Å²) in [7, 11) is 0. The summed E-state index contributed by atoms with van der Waals surface area (Å²) in [6.07, 6.45) is -3.32. The first kappa shape index (κ1) is 40.9. The van der Waals surface area contributed by atoms with Crippen LogP contribution in [0.2, 0.25) is 0 Å². The zero-order valence-corrected chi connectivity index (χ0v) is 32.9. The fourth-order valence-electron chi connectivity index (χ4n) is 13.4. The van der Waals surface area contributed by atoms with Crippen molar-refractivity contribution in [2.24, 2.45) is 50.2 Å². The Balaban J connectivity index is 1.15. The smallest absolute Gasteiger partial charge is 0.310 e. The molecule has 2 aliphatic heterocycles. The van der Waals surface area contributed by atoms with E-state index in [0.717, 1.165) is 51.4 Å². The molecule has 5 aliphatic carbocycles. The molecular formula is C41H66O13. The van der Waals surface area contributed by atoms with Crippen molar-refractivity contribution in [3.63, 3.8) is 0 Å². The summed E-state index contributed by atoms with van der Waals surface area (Å²) < 4.78 is 24.1. The van der Waals surface area contributed by atoms with E-state index in [9.17, 15) is 45.6 Å². The molecule has 8 N–H and O–H groups in total.